The quantitative estimate of drug-likeness (QED) is 0.767. The molecule has 8 heteroatoms. The van der Waals surface area contributed by atoms with E-state index in [2.05, 4.69) is 10.0 Å². The molecular weight excluding hydrogens is 388 g/mol. The SMILES string of the molecule is Cc1ccc(C(=O)NC[C@@H]2CCCO2)cc1NS(=O)(=O)c1ccc(Cl)cc1. The number of hydrogen-bond acceptors (Lipinski definition) is 4. The molecule has 27 heavy (non-hydrogen) atoms. The lowest BCUT2D eigenvalue weighted by Gasteiger charge is -2.14. The van der Waals surface area contributed by atoms with E-state index in [1.54, 1.807) is 19.1 Å². The van der Waals surface area contributed by atoms with Crippen molar-refractivity contribution >= 4 is 33.2 Å². The van der Waals surface area contributed by atoms with Gasteiger partial charge in [0.15, 0.2) is 0 Å². The molecule has 0 aromatic heterocycles. The summed E-state index contributed by atoms with van der Waals surface area (Å²) in [5.74, 6) is -0.266. The Kier molecular flexibility index (Phi) is 6.04. The molecule has 1 amide bonds. The summed E-state index contributed by atoms with van der Waals surface area (Å²) in [7, 11) is -3.78. The number of amides is 1. The van der Waals surface area contributed by atoms with Crippen molar-refractivity contribution in [1.29, 1.82) is 0 Å². The molecular formula is C19H21ClN2O4S. The number of nitrogens with one attached hydrogen (secondary N) is 2. The fourth-order valence-corrected chi connectivity index (χ4v) is 4.05. The average Bonchev–Trinajstić information content (AvgIpc) is 3.15. The molecule has 0 bridgehead atoms. The van der Waals surface area contributed by atoms with Crippen LogP contribution < -0.4 is 10.0 Å². The summed E-state index contributed by atoms with van der Waals surface area (Å²) < 4.78 is 33.2. The van der Waals surface area contributed by atoms with Gasteiger partial charge >= 0.3 is 0 Å². The van der Waals surface area contributed by atoms with E-state index in [1.165, 1.54) is 30.3 Å². The van der Waals surface area contributed by atoms with Crippen LogP contribution in [0.4, 0.5) is 5.69 Å². The first-order chi connectivity index (χ1) is 12.8. The molecule has 6 nitrogen and oxygen atoms in total. The predicted octanol–water partition coefficient (Wildman–Crippen LogP) is 3.36. The van der Waals surface area contributed by atoms with Gasteiger partial charge in [0.2, 0.25) is 0 Å². The number of ether oxygens (including phenoxy) is 1. The third-order valence-corrected chi connectivity index (χ3v) is 6.02. The maximum absolute atomic E-state index is 12.6. The van der Waals surface area contributed by atoms with Crippen LogP contribution in [0.3, 0.4) is 0 Å². The van der Waals surface area contributed by atoms with Crippen LogP contribution in [0.1, 0.15) is 28.8 Å². The molecule has 0 aliphatic carbocycles. The molecule has 1 fully saturated rings. The van der Waals surface area contributed by atoms with Gasteiger partial charge in [-0.3, -0.25) is 9.52 Å². The number of rotatable bonds is 6. The number of carbonyl (C=O) groups excluding carboxylic acids is 1. The number of halogens is 1. The van der Waals surface area contributed by atoms with Crippen molar-refractivity contribution < 1.29 is 17.9 Å². The van der Waals surface area contributed by atoms with Crippen molar-refractivity contribution in [2.75, 3.05) is 17.9 Å². The molecule has 1 aliphatic heterocycles. The van der Waals surface area contributed by atoms with Crippen molar-refractivity contribution in [3.8, 4) is 0 Å². The standard InChI is InChI=1S/C19H21ClN2O4S/c1-13-4-5-14(19(23)21-12-16-3-2-10-26-16)11-18(13)22-27(24,25)17-8-6-15(20)7-9-17/h4-9,11,16,22H,2-3,10,12H2,1H3,(H,21,23)/t16-/m0/s1. The van der Waals surface area contributed by atoms with Crippen LogP contribution in [0.2, 0.25) is 5.02 Å². The topological polar surface area (TPSA) is 84.5 Å². The molecule has 1 atom stereocenters. The highest BCUT2D eigenvalue weighted by molar-refractivity contribution is 7.92. The molecule has 2 aromatic carbocycles. The highest BCUT2D eigenvalue weighted by Crippen LogP contribution is 2.22. The number of carbonyl (C=O) groups is 1. The second-order valence-corrected chi connectivity index (χ2v) is 8.55. The Morgan fingerprint density at radius 2 is 1.96 bits per heavy atom. The van der Waals surface area contributed by atoms with Gasteiger partial charge in [0.05, 0.1) is 16.7 Å². The van der Waals surface area contributed by atoms with E-state index in [-0.39, 0.29) is 16.9 Å². The molecule has 0 unspecified atom stereocenters. The number of anilines is 1. The van der Waals surface area contributed by atoms with E-state index >= 15 is 0 Å². The van der Waals surface area contributed by atoms with Gasteiger partial charge in [-0.1, -0.05) is 17.7 Å². The highest BCUT2D eigenvalue weighted by atomic mass is 35.5. The number of sulfonamides is 1. The first kappa shape index (κ1) is 19.7. The zero-order valence-electron chi connectivity index (χ0n) is 14.9. The Hall–Kier alpha value is -2.09. The molecule has 1 heterocycles. The van der Waals surface area contributed by atoms with Crippen molar-refractivity contribution in [2.24, 2.45) is 0 Å². The lowest BCUT2D eigenvalue weighted by Crippen LogP contribution is -2.31. The third kappa shape index (κ3) is 5.00. The van der Waals surface area contributed by atoms with Crippen molar-refractivity contribution in [1.82, 2.24) is 5.32 Å². The lowest BCUT2D eigenvalue weighted by atomic mass is 10.1. The first-order valence-electron chi connectivity index (χ1n) is 8.64. The van der Waals surface area contributed by atoms with Gasteiger partial charge in [-0.05, 0) is 61.7 Å². The Bertz CT molecular complexity index is 923. The molecule has 1 aliphatic rings. The fourth-order valence-electron chi connectivity index (χ4n) is 2.80. The fraction of sp³-hybridized carbons (Fsp3) is 0.316. The summed E-state index contributed by atoms with van der Waals surface area (Å²) in [4.78, 5) is 12.5. The summed E-state index contributed by atoms with van der Waals surface area (Å²) in [5, 5.41) is 3.29. The normalized spacial score (nSPS) is 16.9. The zero-order valence-corrected chi connectivity index (χ0v) is 16.4. The van der Waals surface area contributed by atoms with Crippen LogP contribution in [0.15, 0.2) is 47.4 Å². The molecule has 0 spiro atoms. The van der Waals surface area contributed by atoms with Crippen LogP contribution in [0.5, 0.6) is 0 Å². The van der Waals surface area contributed by atoms with Gasteiger partial charge in [0.25, 0.3) is 15.9 Å². The maximum Gasteiger partial charge on any atom is 0.261 e. The minimum absolute atomic E-state index is 0.0438. The Labute approximate surface area is 163 Å². The van der Waals surface area contributed by atoms with E-state index in [9.17, 15) is 13.2 Å². The summed E-state index contributed by atoms with van der Waals surface area (Å²) in [6.45, 7) is 2.94. The minimum Gasteiger partial charge on any atom is -0.376 e. The van der Waals surface area contributed by atoms with Crippen LogP contribution in [0.25, 0.3) is 0 Å². The number of aryl methyl sites for hydroxylation is 1. The van der Waals surface area contributed by atoms with Gasteiger partial charge < -0.3 is 10.1 Å². The van der Waals surface area contributed by atoms with Gasteiger partial charge in [0.1, 0.15) is 0 Å². The minimum atomic E-state index is -3.78. The van der Waals surface area contributed by atoms with Crippen molar-refractivity contribution in [3.05, 3.63) is 58.6 Å². The summed E-state index contributed by atoms with van der Waals surface area (Å²) in [5.41, 5.74) is 1.45. The van der Waals surface area contributed by atoms with Crippen molar-refractivity contribution in [3.63, 3.8) is 0 Å². The highest BCUT2D eigenvalue weighted by Gasteiger charge is 2.19. The molecule has 144 valence electrons. The van der Waals surface area contributed by atoms with Crippen molar-refractivity contribution in [2.45, 2.75) is 30.8 Å². The molecule has 0 saturated carbocycles. The summed E-state index contributed by atoms with van der Waals surface area (Å²) in [6, 6.07) is 10.8. The van der Waals surface area contributed by atoms with E-state index in [0.29, 0.717) is 28.4 Å². The molecule has 0 radical (unpaired) electrons. The van der Waals surface area contributed by atoms with E-state index in [1.807, 2.05) is 0 Å². The van der Waals surface area contributed by atoms with Gasteiger partial charge in [-0.15, -0.1) is 0 Å². The summed E-state index contributed by atoms with van der Waals surface area (Å²) >= 11 is 5.81. The second-order valence-electron chi connectivity index (χ2n) is 6.43. The average molecular weight is 409 g/mol. The maximum atomic E-state index is 12.6. The van der Waals surface area contributed by atoms with Crippen LogP contribution in [-0.2, 0) is 14.8 Å². The van der Waals surface area contributed by atoms with Gasteiger partial charge in [-0.25, -0.2) is 8.42 Å². The number of hydrogen-bond donors (Lipinski definition) is 2. The smallest absolute Gasteiger partial charge is 0.261 e. The van der Waals surface area contributed by atoms with Crippen LogP contribution in [0, 0.1) is 6.92 Å². The number of benzene rings is 2. The molecule has 2 N–H and O–H groups in total. The van der Waals surface area contributed by atoms with E-state index in [0.717, 1.165) is 19.4 Å². The van der Waals surface area contributed by atoms with Gasteiger partial charge in [-0.2, -0.15) is 0 Å². The van der Waals surface area contributed by atoms with Gasteiger partial charge in [0, 0.05) is 23.7 Å². The monoisotopic (exact) mass is 408 g/mol. The molecule has 1 saturated heterocycles. The first-order valence-corrected chi connectivity index (χ1v) is 10.5. The Balaban J connectivity index is 1.74. The zero-order chi connectivity index (χ0) is 19.4. The third-order valence-electron chi connectivity index (χ3n) is 4.38. The summed E-state index contributed by atoms with van der Waals surface area (Å²) in [6.07, 6.45) is 1.98. The Morgan fingerprint density at radius 3 is 2.63 bits per heavy atom. The van der Waals surface area contributed by atoms with E-state index < -0.39 is 10.0 Å². The molecule has 2 aromatic rings. The predicted molar refractivity (Wildman–Crippen MR) is 105 cm³/mol. The van der Waals surface area contributed by atoms with E-state index in [4.69, 9.17) is 16.3 Å². The lowest BCUT2D eigenvalue weighted by molar-refractivity contribution is 0.0858. The molecule has 3 rings (SSSR count). The second kappa shape index (κ2) is 8.29. The van der Waals surface area contributed by atoms with Crippen LogP contribution >= 0.6 is 11.6 Å². The largest absolute Gasteiger partial charge is 0.376 e. The van der Waals surface area contributed by atoms with Crippen LogP contribution in [-0.4, -0.2) is 33.6 Å². The Morgan fingerprint density at radius 1 is 1.22 bits per heavy atom.